The third-order valence-corrected chi connectivity index (χ3v) is 6.16. The van der Waals surface area contributed by atoms with Crippen LogP contribution in [0.3, 0.4) is 0 Å². The number of primary amides is 1. The van der Waals surface area contributed by atoms with Crippen LogP contribution >= 0.6 is 0 Å². The SMILES string of the molecule is CCC(CNC(=NC)N1CCCC(CC(N)=O)C1)N1CCc2ccccc2C1. The first-order valence-electron chi connectivity index (χ1n) is 10.7. The maximum Gasteiger partial charge on any atom is 0.217 e. The van der Waals surface area contributed by atoms with Crippen LogP contribution in [-0.2, 0) is 17.8 Å². The third-order valence-electron chi connectivity index (χ3n) is 6.16. The molecule has 0 aliphatic carbocycles. The Kier molecular flexibility index (Phi) is 7.31. The van der Waals surface area contributed by atoms with E-state index in [4.69, 9.17) is 5.73 Å². The van der Waals surface area contributed by atoms with Gasteiger partial charge in [-0.05, 0) is 42.7 Å². The Morgan fingerprint density at radius 3 is 2.82 bits per heavy atom. The summed E-state index contributed by atoms with van der Waals surface area (Å²) in [5, 5.41) is 3.60. The Bertz CT molecular complexity index is 689. The van der Waals surface area contributed by atoms with E-state index < -0.39 is 0 Å². The van der Waals surface area contributed by atoms with Crippen molar-refractivity contribution in [1.29, 1.82) is 0 Å². The molecule has 2 aliphatic rings. The topological polar surface area (TPSA) is 74.0 Å². The molecule has 6 heteroatoms. The molecule has 2 heterocycles. The summed E-state index contributed by atoms with van der Waals surface area (Å²) in [4.78, 5) is 20.7. The highest BCUT2D eigenvalue weighted by Gasteiger charge is 2.26. The molecule has 0 spiro atoms. The molecule has 3 N–H and O–H groups in total. The Morgan fingerprint density at radius 2 is 2.11 bits per heavy atom. The number of fused-ring (bicyclic) bond motifs is 1. The van der Waals surface area contributed by atoms with Gasteiger partial charge < -0.3 is 16.0 Å². The van der Waals surface area contributed by atoms with Crippen LogP contribution in [0.1, 0.15) is 43.7 Å². The van der Waals surface area contributed by atoms with Crippen molar-refractivity contribution in [2.24, 2.45) is 16.6 Å². The first-order chi connectivity index (χ1) is 13.6. The number of guanidine groups is 1. The summed E-state index contributed by atoms with van der Waals surface area (Å²) in [7, 11) is 1.85. The summed E-state index contributed by atoms with van der Waals surface area (Å²) in [6.45, 7) is 7.14. The van der Waals surface area contributed by atoms with Crippen molar-refractivity contribution >= 4 is 11.9 Å². The first-order valence-corrected chi connectivity index (χ1v) is 10.7. The lowest BCUT2D eigenvalue weighted by molar-refractivity contribution is -0.119. The molecule has 1 fully saturated rings. The Labute approximate surface area is 169 Å². The molecular formula is C22H35N5O. The summed E-state index contributed by atoms with van der Waals surface area (Å²) < 4.78 is 0. The van der Waals surface area contributed by atoms with E-state index >= 15 is 0 Å². The predicted octanol–water partition coefficient (Wildman–Crippen LogP) is 1.99. The molecule has 6 nitrogen and oxygen atoms in total. The van der Waals surface area contributed by atoms with Crippen LogP contribution in [0.2, 0.25) is 0 Å². The van der Waals surface area contributed by atoms with Gasteiger partial charge in [0, 0.05) is 52.2 Å². The highest BCUT2D eigenvalue weighted by molar-refractivity contribution is 5.80. The van der Waals surface area contributed by atoms with Crippen molar-refractivity contribution in [3.05, 3.63) is 35.4 Å². The molecular weight excluding hydrogens is 350 g/mol. The van der Waals surface area contributed by atoms with E-state index in [1.165, 1.54) is 11.1 Å². The minimum absolute atomic E-state index is 0.203. The smallest absolute Gasteiger partial charge is 0.217 e. The number of benzene rings is 1. The predicted molar refractivity (Wildman–Crippen MR) is 114 cm³/mol. The quantitative estimate of drug-likeness (QED) is 0.580. The molecule has 1 amide bonds. The van der Waals surface area contributed by atoms with E-state index in [1.54, 1.807) is 0 Å². The minimum atomic E-state index is -0.203. The van der Waals surface area contributed by atoms with Gasteiger partial charge in [-0.2, -0.15) is 0 Å². The Hall–Kier alpha value is -2.08. The number of piperidine rings is 1. The summed E-state index contributed by atoms with van der Waals surface area (Å²) in [5.41, 5.74) is 8.35. The fourth-order valence-electron chi connectivity index (χ4n) is 4.61. The lowest BCUT2D eigenvalue weighted by atomic mass is 9.95. The number of likely N-dealkylation sites (tertiary alicyclic amines) is 1. The molecule has 154 valence electrons. The second-order valence-corrected chi connectivity index (χ2v) is 8.10. The van der Waals surface area contributed by atoms with E-state index in [9.17, 15) is 4.79 Å². The number of rotatable bonds is 6. The van der Waals surface area contributed by atoms with Gasteiger partial charge in [0.05, 0.1) is 0 Å². The number of carbonyl (C=O) groups is 1. The maximum atomic E-state index is 11.3. The molecule has 28 heavy (non-hydrogen) atoms. The van der Waals surface area contributed by atoms with E-state index in [0.29, 0.717) is 18.4 Å². The summed E-state index contributed by atoms with van der Waals surface area (Å²) >= 11 is 0. The second kappa shape index (κ2) is 9.92. The standard InChI is InChI=1S/C22H35N5O/c1-3-20(26-12-10-18-8-4-5-9-19(18)16-26)14-25-22(24-2)27-11-6-7-17(15-27)13-21(23)28/h4-5,8-9,17,20H,3,6-7,10-16H2,1-2H3,(H2,23,28)(H,24,25). The van der Waals surface area contributed by atoms with Gasteiger partial charge in [0.25, 0.3) is 0 Å². The van der Waals surface area contributed by atoms with Gasteiger partial charge in [-0.15, -0.1) is 0 Å². The zero-order chi connectivity index (χ0) is 19.9. The minimum Gasteiger partial charge on any atom is -0.370 e. The van der Waals surface area contributed by atoms with Crippen molar-refractivity contribution in [1.82, 2.24) is 15.1 Å². The highest BCUT2D eigenvalue weighted by atomic mass is 16.1. The zero-order valence-corrected chi connectivity index (χ0v) is 17.4. The Balaban J connectivity index is 1.55. The highest BCUT2D eigenvalue weighted by Crippen LogP contribution is 2.22. The van der Waals surface area contributed by atoms with Crippen LogP contribution in [0.4, 0.5) is 0 Å². The number of carbonyl (C=O) groups excluding carboxylic acids is 1. The average molecular weight is 386 g/mol. The molecule has 2 unspecified atom stereocenters. The summed E-state index contributed by atoms with van der Waals surface area (Å²) in [6, 6.07) is 9.28. The number of nitrogens with two attached hydrogens (primary N) is 1. The maximum absolute atomic E-state index is 11.3. The van der Waals surface area contributed by atoms with Crippen molar-refractivity contribution in [2.75, 3.05) is 33.2 Å². The van der Waals surface area contributed by atoms with Crippen molar-refractivity contribution in [2.45, 2.75) is 51.6 Å². The molecule has 3 rings (SSSR count). The Morgan fingerprint density at radius 1 is 1.32 bits per heavy atom. The first kappa shape index (κ1) is 20.6. The van der Waals surface area contributed by atoms with Crippen molar-refractivity contribution in [3.63, 3.8) is 0 Å². The second-order valence-electron chi connectivity index (χ2n) is 8.10. The van der Waals surface area contributed by atoms with E-state index in [-0.39, 0.29) is 5.91 Å². The largest absolute Gasteiger partial charge is 0.370 e. The van der Waals surface area contributed by atoms with Gasteiger partial charge in [0.2, 0.25) is 5.91 Å². The van der Waals surface area contributed by atoms with Gasteiger partial charge >= 0.3 is 0 Å². The molecule has 1 aromatic rings. The number of aliphatic imine (C=N–C) groups is 1. The number of nitrogens with one attached hydrogen (secondary N) is 1. The summed E-state index contributed by atoms with van der Waals surface area (Å²) in [6.07, 6.45) is 4.86. The van der Waals surface area contributed by atoms with E-state index in [1.807, 2.05) is 7.05 Å². The van der Waals surface area contributed by atoms with Gasteiger partial charge in [0.1, 0.15) is 0 Å². The number of amides is 1. The molecule has 2 atom stereocenters. The van der Waals surface area contributed by atoms with Crippen molar-refractivity contribution < 1.29 is 4.79 Å². The zero-order valence-electron chi connectivity index (χ0n) is 17.4. The van der Waals surface area contributed by atoms with Crippen LogP contribution in [0.25, 0.3) is 0 Å². The number of hydrogen-bond donors (Lipinski definition) is 2. The fraction of sp³-hybridized carbons (Fsp3) is 0.636. The fourth-order valence-corrected chi connectivity index (χ4v) is 4.61. The molecule has 0 saturated carbocycles. The normalized spacial score (nSPS) is 21.9. The van der Waals surface area contributed by atoms with Gasteiger partial charge in [-0.25, -0.2) is 0 Å². The van der Waals surface area contributed by atoms with Crippen LogP contribution < -0.4 is 11.1 Å². The lowest BCUT2D eigenvalue weighted by Crippen LogP contribution is -2.51. The average Bonchev–Trinajstić information content (AvgIpc) is 2.71. The molecule has 1 aromatic carbocycles. The van der Waals surface area contributed by atoms with E-state index in [2.05, 4.69) is 51.3 Å². The third kappa shape index (κ3) is 5.25. The monoisotopic (exact) mass is 385 g/mol. The van der Waals surface area contributed by atoms with Gasteiger partial charge in [-0.1, -0.05) is 31.2 Å². The van der Waals surface area contributed by atoms with Crippen LogP contribution in [0.5, 0.6) is 0 Å². The summed E-state index contributed by atoms with van der Waals surface area (Å²) in [5.74, 6) is 1.08. The van der Waals surface area contributed by atoms with E-state index in [0.717, 1.165) is 64.4 Å². The van der Waals surface area contributed by atoms with Gasteiger partial charge in [0.15, 0.2) is 5.96 Å². The molecule has 2 aliphatic heterocycles. The molecule has 1 saturated heterocycles. The van der Waals surface area contributed by atoms with Gasteiger partial charge in [-0.3, -0.25) is 14.7 Å². The number of nitrogens with zero attached hydrogens (tertiary/aromatic N) is 3. The van der Waals surface area contributed by atoms with Crippen LogP contribution in [0.15, 0.2) is 29.3 Å². The molecule has 0 radical (unpaired) electrons. The lowest BCUT2D eigenvalue weighted by Gasteiger charge is -2.38. The van der Waals surface area contributed by atoms with Crippen molar-refractivity contribution in [3.8, 4) is 0 Å². The molecule has 0 bridgehead atoms. The number of hydrogen-bond acceptors (Lipinski definition) is 3. The molecule has 0 aromatic heterocycles. The van der Waals surface area contributed by atoms with Crippen LogP contribution in [0, 0.1) is 5.92 Å². The van der Waals surface area contributed by atoms with Crippen LogP contribution in [-0.4, -0.2) is 60.9 Å².